The molecule has 4 rings (SSSR count). The van der Waals surface area contributed by atoms with Crippen LogP contribution in [0, 0.1) is 17.7 Å². The Hall–Kier alpha value is -3.62. The highest BCUT2D eigenvalue weighted by Crippen LogP contribution is 2.30. The van der Waals surface area contributed by atoms with Crippen molar-refractivity contribution in [2.45, 2.75) is 6.54 Å². The van der Waals surface area contributed by atoms with Gasteiger partial charge in [0.15, 0.2) is 11.6 Å². The third-order valence-corrected chi connectivity index (χ3v) is 3.74. The predicted octanol–water partition coefficient (Wildman–Crippen LogP) is 2.18. The SMILES string of the molecule is Nc1[c]c(N)nc(-c2nn(Cc3cccnc3)c3c(F)cc(F)cc23)n1. The third-order valence-electron chi connectivity index (χ3n) is 3.74. The first kappa shape index (κ1) is 15.9. The van der Waals surface area contributed by atoms with Crippen LogP contribution in [0.15, 0.2) is 36.7 Å². The van der Waals surface area contributed by atoms with E-state index in [9.17, 15) is 8.78 Å². The first-order valence-corrected chi connectivity index (χ1v) is 7.58. The maximum Gasteiger partial charge on any atom is 0.184 e. The van der Waals surface area contributed by atoms with Crippen LogP contribution in [0.3, 0.4) is 0 Å². The average molecular weight is 352 g/mol. The van der Waals surface area contributed by atoms with E-state index in [0.29, 0.717) is 0 Å². The number of benzene rings is 1. The van der Waals surface area contributed by atoms with E-state index in [1.54, 1.807) is 18.5 Å². The van der Waals surface area contributed by atoms with Crippen LogP contribution < -0.4 is 11.5 Å². The Kier molecular flexibility index (Phi) is 3.68. The minimum absolute atomic E-state index is 0.0133. The maximum absolute atomic E-state index is 14.5. The molecule has 0 aliphatic heterocycles. The molecule has 1 aromatic carbocycles. The van der Waals surface area contributed by atoms with Gasteiger partial charge in [-0.3, -0.25) is 9.67 Å². The van der Waals surface area contributed by atoms with E-state index >= 15 is 0 Å². The van der Waals surface area contributed by atoms with E-state index in [2.05, 4.69) is 26.1 Å². The number of rotatable bonds is 3. The monoisotopic (exact) mass is 352 g/mol. The second kappa shape index (κ2) is 6.03. The van der Waals surface area contributed by atoms with E-state index in [4.69, 9.17) is 11.5 Å². The summed E-state index contributed by atoms with van der Waals surface area (Å²) >= 11 is 0. The summed E-state index contributed by atoms with van der Waals surface area (Å²) in [5.74, 6) is -1.39. The van der Waals surface area contributed by atoms with Gasteiger partial charge in [0.05, 0.1) is 12.6 Å². The zero-order valence-electron chi connectivity index (χ0n) is 13.3. The van der Waals surface area contributed by atoms with Gasteiger partial charge in [-0.05, 0) is 17.7 Å². The zero-order valence-corrected chi connectivity index (χ0v) is 13.3. The van der Waals surface area contributed by atoms with Gasteiger partial charge in [0.25, 0.3) is 0 Å². The van der Waals surface area contributed by atoms with Crippen molar-refractivity contribution in [3.63, 3.8) is 0 Å². The summed E-state index contributed by atoms with van der Waals surface area (Å²) in [7, 11) is 0. The molecule has 0 saturated carbocycles. The van der Waals surface area contributed by atoms with Crippen molar-refractivity contribution >= 4 is 22.5 Å². The van der Waals surface area contributed by atoms with Gasteiger partial charge in [-0.2, -0.15) is 5.10 Å². The molecule has 0 amide bonds. The summed E-state index contributed by atoms with van der Waals surface area (Å²) in [6, 6.07) is 8.10. The summed E-state index contributed by atoms with van der Waals surface area (Å²) in [6.45, 7) is 0.233. The number of halogens is 2. The van der Waals surface area contributed by atoms with E-state index in [1.807, 2.05) is 6.07 Å². The molecular weight excluding hydrogens is 340 g/mol. The molecule has 0 spiro atoms. The van der Waals surface area contributed by atoms with Crippen LogP contribution in [0.5, 0.6) is 0 Å². The first-order valence-electron chi connectivity index (χ1n) is 7.58. The lowest BCUT2D eigenvalue weighted by molar-refractivity contribution is 0.582. The number of hydrogen-bond donors (Lipinski definition) is 2. The second-order valence-corrected chi connectivity index (χ2v) is 5.59. The molecule has 4 N–H and O–H groups in total. The van der Waals surface area contributed by atoms with Crippen LogP contribution in [0.1, 0.15) is 5.56 Å². The van der Waals surface area contributed by atoms with E-state index in [0.717, 1.165) is 11.6 Å². The molecule has 4 aromatic rings. The number of fused-ring (bicyclic) bond motifs is 1. The molecule has 0 atom stereocenters. The summed E-state index contributed by atoms with van der Waals surface area (Å²) < 4.78 is 29.7. The highest BCUT2D eigenvalue weighted by molar-refractivity contribution is 5.92. The molecule has 26 heavy (non-hydrogen) atoms. The third kappa shape index (κ3) is 2.79. The normalized spacial score (nSPS) is 11.2. The molecule has 0 unspecified atom stereocenters. The van der Waals surface area contributed by atoms with Crippen LogP contribution in [-0.4, -0.2) is 24.7 Å². The van der Waals surface area contributed by atoms with Crippen molar-refractivity contribution in [3.05, 3.63) is 59.9 Å². The number of pyridine rings is 1. The minimum atomic E-state index is -0.744. The molecule has 0 aliphatic carbocycles. The van der Waals surface area contributed by atoms with Crippen LogP contribution in [0.4, 0.5) is 20.4 Å². The fraction of sp³-hybridized carbons (Fsp3) is 0.0588. The van der Waals surface area contributed by atoms with E-state index < -0.39 is 11.6 Å². The molecule has 1 radical (unpaired) electrons. The molecule has 0 saturated heterocycles. The lowest BCUT2D eigenvalue weighted by Crippen LogP contribution is -2.04. The molecule has 0 aliphatic rings. The van der Waals surface area contributed by atoms with Gasteiger partial charge in [-0.15, -0.1) is 0 Å². The molecule has 129 valence electrons. The van der Waals surface area contributed by atoms with Crippen LogP contribution in [0.2, 0.25) is 0 Å². The number of nitrogens with two attached hydrogens (primary N) is 2. The summed E-state index contributed by atoms with van der Waals surface area (Å²) in [4.78, 5) is 12.1. The number of hydrogen-bond acceptors (Lipinski definition) is 6. The van der Waals surface area contributed by atoms with Gasteiger partial charge in [-0.25, -0.2) is 18.7 Å². The Labute approximate surface area is 146 Å². The molecule has 9 heteroatoms. The van der Waals surface area contributed by atoms with Crippen molar-refractivity contribution in [1.82, 2.24) is 24.7 Å². The largest absolute Gasteiger partial charge is 0.383 e. The standard InChI is InChI=1S/C17H12F2N7/c18-10-4-11-15(17-23-13(20)6-14(21)24-17)25-26(16(11)12(19)5-10)8-9-2-1-3-22-7-9/h1-5,7H,8H2,(H4,20,21,23,24). The lowest BCUT2D eigenvalue weighted by atomic mass is 10.2. The fourth-order valence-corrected chi connectivity index (χ4v) is 2.72. The second-order valence-electron chi connectivity index (χ2n) is 5.59. The van der Waals surface area contributed by atoms with Crippen molar-refractivity contribution in [2.75, 3.05) is 11.5 Å². The smallest absolute Gasteiger partial charge is 0.184 e. The highest BCUT2D eigenvalue weighted by Gasteiger charge is 2.20. The Balaban J connectivity index is 1.96. The quantitative estimate of drug-likeness (QED) is 0.585. The number of nitrogens with zero attached hydrogens (tertiary/aromatic N) is 5. The molecule has 7 nitrogen and oxygen atoms in total. The molecule has 0 fully saturated rings. The van der Waals surface area contributed by atoms with Crippen molar-refractivity contribution in [3.8, 4) is 11.5 Å². The van der Waals surface area contributed by atoms with Gasteiger partial charge >= 0.3 is 0 Å². The predicted molar refractivity (Wildman–Crippen MR) is 91.7 cm³/mol. The lowest BCUT2D eigenvalue weighted by Gasteiger charge is -2.04. The summed E-state index contributed by atoms with van der Waals surface area (Å²) in [5, 5.41) is 4.59. The number of aromatic nitrogens is 5. The zero-order chi connectivity index (χ0) is 18.3. The van der Waals surface area contributed by atoms with E-state index in [1.165, 1.54) is 10.7 Å². The van der Waals surface area contributed by atoms with Crippen LogP contribution in [-0.2, 0) is 6.54 Å². The van der Waals surface area contributed by atoms with Crippen molar-refractivity contribution in [1.29, 1.82) is 0 Å². The highest BCUT2D eigenvalue weighted by atomic mass is 19.1. The van der Waals surface area contributed by atoms with Crippen molar-refractivity contribution in [2.24, 2.45) is 0 Å². The van der Waals surface area contributed by atoms with Crippen LogP contribution in [0.25, 0.3) is 22.4 Å². The molecular formula is C17H12F2N7. The first-order chi connectivity index (χ1) is 12.5. The summed E-state index contributed by atoms with van der Waals surface area (Å²) in [5.41, 5.74) is 12.4. The minimum Gasteiger partial charge on any atom is -0.383 e. The van der Waals surface area contributed by atoms with E-state index in [-0.39, 0.29) is 40.6 Å². The fourth-order valence-electron chi connectivity index (χ4n) is 2.72. The number of nitrogen functional groups attached to an aromatic ring is 2. The Morgan fingerprint density at radius 1 is 1.12 bits per heavy atom. The topological polar surface area (TPSA) is 109 Å². The van der Waals surface area contributed by atoms with Crippen LogP contribution >= 0.6 is 0 Å². The van der Waals surface area contributed by atoms with Gasteiger partial charge in [0.1, 0.15) is 28.7 Å². The average Bonchev–Trinajstić information content (AvgIpc) is 2.93. The van der Waals surface area contributed by atoms with Gasteiger partial charge in [0, 0.05) is 23.8 Å². The van der Waals surface area contributed by atoms with Gasteiger partial charge in [-0.1, -0.05) is 6.07 Å². The molecule has 0 bridgehead atoms. The number of anilines is 2. The summed E-state index contributed by atoms with van der Waals surface area (Å²) in [6.07, 6.45) is 3.27. The Morgan fingerprint density at radius 3 is 2.58 bits per heavy atom. The Bertz CT molecular complexity index is 1090. The maximum atomic E-state index is 14.5. The van der Waals surface area contributed by atoms with Gasteiger partial charge < -0.3 is 11.5 Å². The van der Waals surface area contributed by atoms with Gasteiger partial charge in [0.2, 0.25) is 0 Å². The molecule has 3 aromatic heterocycles. The molecule has 3 heterocycles. The Morgan fingerprint density at radius 2 is 1.88 bits per heavy atom. The van der Waals surface area contributed by atoms with Crippen molar-refractivity contribution < 1.29 is 8.78 Å².